The summed E-state index contributed by atoms with van der Waals surface area (Å²) in [5.41, 5.74) is 12.3. The van der Waals surface area contributed by atoms with Gasteiger partial charge in [-0.2, -0.15) is 5.26 Å². The van der Waals surface area contributed by atoms with E-state index in [-0.39, 0.29) is 0 Å². The summed E-state index contributed by atoms with van der Waals surface area (Å²) in [7, 11) is 0. The van der Waals surface area contributed by atoms with Gasteiger partial charge < -0.3 is 0 Å². The first-order valence-corrected chi connectivity index (χ1v) is 11.6. The number of rotatable bonds is 5. The molecule has 30 heavy (non-hydrogen) atoms. The molecule has 0 radical (unpaired) electrons. The summed E-state index contributed by atoms with van der Waals surface area (Å²) in [5.74, 6) is 1.32. The van der Waals surface area contributed by atoms with E-state index in [9.17, 15) is 5.26 Å². The minimum atomic E-state index is 0.579. The molecule has 0 aliphatic heterocycles. The van der Waals surface area contributed by atoms with Crippen molar-refractivity contribution in [3.63, 3.8) is 0 Å². The standard InChI is InChI=1S/C29H37N/c1-19(2)29-22(5)15-21(4)28(23(29)6)17-25-9-7-8-24(11-12-25)16-26-13-10-20(3)14-27(26)18-30/h8,10,13-15,19,25H,7,9,11-12,16-17H2,1-6H3. The highest BCUT2D eigenvalue weighted by Gasteiger charge is 2.19. The highest BCUT2D eigenvalue weighted by Crippen LogP contribution is 2.33. The van der Waals surface area contributed by atoms with Gasteiger partial charge in [0.15, 0.2) is 0 Å². The molecule has 158 valence electrons. The van der Waals surface area contributed by atoms with Crippen LogP contribution in [0.4, 0.5) is 0 Å². The molecule has 0 bridgehead atoms. The molecule has 2 aromatic rings. The second-order valence-corrected chi connectivity index (χ2v) is 9.68. The molecular formula is C29H37N. The lowest BCUT2D eigenvalue weighted by atomic mass is 9.82. The average molecular weight is 400 g/mol. The van der Waals surface area contributed by atoms with E-state index in [4.69, 9.17) is 0 Å². The van der Waals surface area contributed by atoms with Crippen LogP contribution in [0.15, 0.2) is 35.9 Å². The SMILES string of the molecule is Cc1ccc(CC2=CCCC(Cc3c(C)cc(C)c(C(C)C)c3C)CC2)c(C#N)c1. The second kappa shape index (κ2) is 9.65. The Kier molecular flexibility index (Phi) is 7.19. The number of benzene rings is 2. The zero-order chi connectivity index (χ0) is 21.8. The first kappa shape index (κ1) is 22.4. The minimum absolute atomic E-state index is 0.579. The number of nitrogens with zero attached hydrogens (tertiary/aromatic N) is 1. The summed E-state index contributed by atoms with van der Waals surface area (Å²) >= 11 is 0. The maximum atomic E-state index is 9.50. The monoisotopic (exact) mass is 399 g/mol. The Morgan fingerprint density at radius 1 is 1.03 bits per heavy atom. The van der Waals surface area contributed by atoms with Crippen LogP contribution in [0.3, 0.4) is 0 Å². The van der Waals surface area contributed by atoms with Crippen LogP contribution in [0.2, 0.25) is 0 Å². The van der Waals surface area contributed by atoms with Crippen molar-refractivity contribution in [1.29, 1.82) is 5.26 Å². The van der Waals surface area contributed by atoms with Crippen molar-refractivity contribution < 1.29 is 0 Å². The van der Waals surface area contributed by atoms with Crippen LogP contribution < -0.4 is 0 Å². The van der Waals surface area contributed by atoms with Crippen molar-refractivity contribution in [2.45, 2.75) is 86.0 Å². The van der Waals surface area contributed by atoms with Crippen LogP contribution in [-0.4, -0.2) is 0 Å². The van der Waals surface area contributed by atoms with Crippen molar-refractivity contribution >= 4 is 0 Å². The van der Waals surface area contributed by atoms with Crippen molar-refractivity contribution in [1.82, 2.24) is 0 Å². The molecule has 3 rings (SSSR count). The fourth-order valence-electron chi connectivity index (χ4n) is 5.45. The van der Waals surface area contributed by atoms with E-state index in [1.54, 1.807) is 11.1 Å². The van der Waals surface area contributed by atoms with Crippen molar-refractivity contribution in [2.24, 2.45) is 5.92 Å². The molecule has 1 heteroatoms. The van der Waals surface area contributed by atoms with Crippen molar-refractivity contribution in [2.75, 3.05) is 0 Å². The molecule has 1 unspecified atom stereocenters. The first-order valence-electron chi connectivity index (χ1n) is 11.6. The van der Waals surface area contributed by atoms with Gasteiger partial charge >= 0.3 is 0 Å². The Morgan fingerprint density at radius 3 is 2.50 bits per heavy atom. The number of nitriles is 1. The minimum Gasteiger partial charge on any atom is -0.192 e. The average Bonchev–Trinajstić information content (AvgIpc) is 2.91. The highest BCUT2D eigenvalue weighted by molar-refractivity contribution is 5.46. The first-order chi connectivity index (χ1) is 14.3. The molecule has 0 saturated carbocycles. The molecule has 0 saturated heterocycles. The van der Waals surface area contributed by atoms with Crippen LogP contribution in [0.25, 0.3) is 0 Å². The maximum Gasteiger partial charge on any atom is 0.0994 e. The van der Waals surface area contributed by atoms with E-state index in [0.29, 0.717) is 5.92 Å². The van der Waals surface area contributed by atoms with Crippen LogP contribution in [0.5, 0.6) is 0 Å². The molecule has 0 amide bonds. The van der Waals surface area contributed by atoms with Crippen LogP contribution in [-0.2, 0) is 12.8 Å². The number of hydrogen-bond donors (Lipinski definition) is 0. The van der Waals surface area contributed by atoms with Gasteiger partial charge in [-0.1, -0.05) is 43.7 Å². The normalized spacial score (nSPS) is 16.9. The third kappa shape index (κ3) is 5.04. The molecule has 1 aliphatic rings. The van der Waals surface area contributed by atoms with E-state index >= 15 is 0 Å². The van der Waals surface area contributed by atoms with Crippen molar-refractivity contribution in [3.05, 3.63) is 80.4 Å². The fourth-order valence-corrected chi connectivity index (χ4v) is 5.45. The number of hydrogen-bond acceptors (Lipinski definition) is 1. The fraction of sp³-hybridized carbons (Fsp3) is 0.483. The summed E-state index contributed by atoms with van der Waals surface area (Å²) in [4.78, 5) is 0. The summed E-state index contributed by atoms with van der Waals surface area (Å²) in [6.07, 6.45) is 9.42. The third-order valence-corrected chi connectivity index (χ3v) is 6.95. The predicted octanol–water partition coefficient (Wildman–Crippen LogP) is 7.82. The largest absolute Gasteiger partial charge is 0.192 e. The molecule has 2 aromatic carbocycles. The van der Waals surface area contributed by atoms with E-state index in [0.717, 1.165) is 36.3 Å². The second-order valence-electron chi connectivity index (χ2n) is 9.68. The van der Waals surface area contributed by atoms with E-state index in [1.165, 1.54) is 47.1 Å². The third-order valence-electron chi connectivity index (χ3n) is 6.95. The van der Waals surface area contributed by atoms with Gasteiger partial charge in [0.25, 0.3) is 0 Å². The van der Waals surface area contributed by atoms with Gasteiger partial charge in [-0.15, -0.1) is 0 Å². The molecule has 0 fully saturated rings. The number of aryl methyl sites for hydroxylation is 3. The maximum absolute atomic E-state index is 9.50. The van der Waals surface area contributed by atoms with Gasteiger partial charge in [-0.05, 0) is 123 Å². The zero-order valence-electron chi connectivity index (χ0n) is 19.7. The Hall–Kier alpha value is -2.33. The molecule has 1 nitrogen and oxygen atoms in total. The molecule has 1 aliphatic carbocycles. The van der Waals surface area contributed by atoms with E-state index < -0.39 is 0 Å². The Labute approximate surface area is 183 Å². The predicted molar refractivity (Wildman–Crippen MR) is 128 cm³/mol. The summed E-state index contributed by atoms with van der Waals surface area (Å²) in [6, 6.07) is 11.1. The van der Waals surface area contributed by atoms with Gasteiger partial charge in [-0.25, -0.2) is 0 Å². The highest BCUT2D eigenvalue weighted by atomic mass is 14.3. The molecule has 1 atom stereocenters. The Balaban J connectivity index is 1.71. The summed E-state index contributed by atoms with van der Waals surface area (Å²) in [5, 5.41) is 9.50. The van der Waals surface area contributed by atoms with Gasteiger partial charge in [0.1, 0.15) is 0 Å². The summed E-state index contributed by atoms with van der Waals surface area (Å²) in [6.45, 7) is 13.6. The van der Waals surface area contributed by atoms with Crippen LogP contribution >= 0.6 is 0 Å². The lowest BCUT2D eigenvalue weighted by molar-refractivity contribution is 0.459. The topological polar surface area (TPSA) is 23.8 Å². The molecule has 0 spiro atoms. The van der Waals surface area contributed by atoms with Gasteiger partial charge in [0, 0.05) is 0 Å². The van der Waals surface area contributed by atoms with E-state index in [1.807, 2.05) is 6.07 Å². The van der Waals surface area contributed by atoms with E-state index in [2.05, 4.69) is 71.9 Å². The van der Waals surface area contributed by atoms with Gasteiger partial charge in [-0.3, -0.25) is 0 Å². The molecule has 0 N–H and O–H groups in total. The summed E-state index contributed by atoms with van der Waals surface area (Å²) < 4.78 is 0. The molecule has 0 aromatic heterocycles. The smallest absolute Gasteiger partial charge is 0.0994 e. The molecular weight excluding hydrogens is 362 g/mol. The van der Waals surface area contributed by atoms with Gasteiger partial charge in [0.2, 0.25) is 0 Å². The Bertz CT molecular complexity index is 984. The van der Waals surface area contributed by atoms with Gasteiger partial charge in [0.05, 0.1) is 11.6 Å². The quantitative estimate of drug-likeness (QED) is 0.470. The number of allylic oxidation sites excluding steroid dienone is 2. The van der Waals surface area contributed by atoms with Crippen LogP contribution in [0.1, 0.15) is 90.0 Å². The lowest BCUT2D eigenvalue weighted by Crippen LogP contribution is -2.10. The molecule has 0 heterocycles. The van der Waals surface area contributed by atoms with Crippen LogP contribution in [0, 0.1) is 44.9 Å². The Morgan fingerprint density at radius 2 is 1.80 bits per heavy atom. The van der Waals surface area contributed by atoms with Crippen molar-refractivity contribution in [3.8, 4) is 6.07 Å². The lowest BCUT2D eigenvalue weighted by Gasteiger charge is -2.23. The zero-order valence-corrected chi connectivity index (χ0v) is 19.7.